The maximum Gasteiger partial charge on any atom is 0.350 e. The molecule has 0 aromatic heterocycles. The molecule has 78 valence electrons. The first kappa shape index (κ1) is 10.8. The van der Waals surface area contributed by atoms with E-state index in [1.165, 1.54) is 0 Å². The third kappa shape index (κ3) is 2.15. The van der Waals surface area contributed by atoms with Crippen molar-refractivity contribution in [1.82, 2.24) is 4.31 Å². The Kier molecular flexibility index (Phi) is 3.20. The van der Waals surface area contributed by atoms with Crippen molar-refractivity contribution in [3.05, 3.63) is 0 Å². The highest BCUT2D eigenvalue weighted by Crippen LogP contribution is 2.22. The number of alkyl halides is 2. The van der Waals surface area contributed by atoms with Crippen LogP contribution in [0.2, 0.25) is 0 Å². The lowest BCUT2D eigenvalue weighted by molar-refractivity contribution is 0.215. The average Bonchev–Trinajstić information content (AvgIpc) is 2.51. The van der Waals surface area contributed by atoms with Gasteiger partial charge in [-0.2, -0.15) is 13.1 Å². The normalized spacial score (nSPS) is 25.7. The Hall–Kier alpha value is -0.270. The third-order valence-corrected chi connectivity index (χ3v) is 3.59. The van der Waals surface area contributed by atoms with Gasteiger partial charge in [0.2, 0.25) is 0 Å². The Morgan fingerprint density at radius 2 is 2.15 bits per heavy atom. The summed E-state index contributed by atoms with van der Waals surface area (Å²) in [7, 11) is -4.43. The number of hydrogen-bond acceptors (Lipinski definition) is 3. The Morgan fingerprint density at radius 1 is 1.54 bits per heavy atom. The zero-order valence-electron chi connectivity index (χ0n) is 6.86. The van der Waals surface area contributed by atoms with Gasteiger partial charge in [-0.05, 0) is 12.3 Å². The fourth-order valence-electron chi connectivity index (χ4n) is 1.29. The van der Waals surface area contributed by atoms with Crippen LogP contribution in [0.3, 0.4) is 0 Å². The van der Waals surface area contributed by atoms with Crippen molar-refractivity contribution >= 4 is 10.0 Å². The highest BCUT2D eigenvalue weighted by molar-refractivity contribution is 7.89. The van der Waals surface area contributed by atoms with Gasteiger partial charge < -0.3 is 5.11 Å². The molecule has 0 aromatic carbocycles. The molecule has 1 aliphatic heterocycles. The van der Waals surface area contributed by atoms with E-state index in [2.05, 4.69) is 0 Å². The van der Waals surface area contributed by atoms with Crippen molar-refractivity contribution in [3.8, 4) is 0 Å². The number of aliphatic hydroxyl groups is 1. The van der Waals surface area contributed by atoms with E-state index in [1.54, 1.807) is 0 Å². The second-order valence-corrected chi connectivity index (χ2v) is 4.90. The van der Waals surface area contributed by atoms with Crippen LogP contribution in [0.1, 0.15) is 6.42 Å². The van der Waals surface area contributed by atoms with Gasteiger partial charge in [0, 0.05) is 19.7 Å². The van der Waals surface area contributed by atoms with Gasteiger partial charge in [0.1, 0.15) is 0 Å². The number of halogens is 2. The molecule has 1 fully saturated rings. The standard InChI is InChI=1S/C6H11F2NO3S/c7-6(8)13(11,12)9-2-1-5(3-9)4-10/h5-6,10H,1-4H2. The van der Waals surface area contributed by atoms with Gasteiger partial charge in [0.05, 0.1) is 0 Å². The summed E-state index contributed by atoms with van der Waals surface area (Å²) in [6.45, 7) is -0.0731. The summed E-state index contributed by atoms with van der Waals surface area (Å²) in [6.07, 6.45) is 0.447. The minimum absolute atomic E-state index is 0.00315. The van der Waals surface area contributed by atoms with Gasteiger partial charge in [-0.25, -0.2) is 8.42 Å². The molecule has 13 heavy (non-hydrogen) atoms. The number of nitrogens with zero attached hydrogens (tertiary/aromatic N) is 1. The van der Waals surface area contributed by atoms with E-state index >= 15 is 0 Å². The lowest BCUT2D eigenvalue weighted by atomic mass is 10.1. The molecule has 4 nitrogen and oxygen atoms in total. The minimum Gasteiger partial charge on any atom is -0.396 e. The largest absolute Gasteiger partial charge is 0.396 e. The Morgan fingerprint density at radius 3 is 2.54 bits per heavy atom. The van der Waals surface area contributed by atoms with E-state index in [9.17, 15) is 17.2 Å². The molecule has 0 amide bonds. The second kappa shape index (κ2) is 3.85. The van der Waals surface area contributed by atoms with Crippen LogP contribution < -0.4 is 0 Å². The monoisotopic (exact) mass is 215 g/mol. The number of aliphatic hydroxyl groups excluding tert-OH is 1. The zero-order valence-corrected chi connectivity index (χ0v) is 7.67. The van der Waals surface area contributed by atoms with Crippen molar-refractivity contribution in [2.75, 3.05) is 19.7 Å². The van der Waals surface area contributed by atoms with Crippen LogP contribution in [0.4, 0.5) is 8.78 Å². The Labute approximate surface area is 75.2 Å². The fraction of sp³-hybridized carbons (Fsp3) is 1.00. The molecule has 0 aromatic rings. The molecule has 7 heteroatoms. The molecular weight excluding hydrogens is 204 g/mol. The zero-order chi connectivity index (χ0) is 10.1. The summed E-state index contributed by atoms with van der Waals surface area (Å²) >= 11 is 0. The van der Waals surface area contributed by atoms with Crippen LogP contribution in [-0.4, -0.2) is 43.3 Å². The second-order valence-electron chi connectivity index (χ2n) is 3.00. The van der Waals surface area contributed by atoms with Crippen LogP contribution in [-0.2, 0) is 10.0 Å². The molecule has 0 radical (unpaired) electrons. The summed E-state index contributed by atoms with van der Waals surface area (Å²) in [5, 5.41) is 8.68. The summed E-state index contributed by atoms with van der Waals surface area (Å²) in [4.78, 5) is 0. The van der Waals surface area contributed by atoms with Crippen molar-refractivity contribution < 1.29 is 22.3 Å². The molecule has 1 heterocycles. The van der Waals surface area contributed by atoms with Gasteiger partial charge >= 0.3 is 5.76 Å². The molecule has 1 N–H and O–H groups in total. The Balaban J connectivity index is 2.66. The SMILES string of the molecule is O=S(=O)(C(F)F)N1CCC(CO)C1. The van der Waals surface area contributed by atoms with Crippen LogP contribution in [0.15, 0.2) is 0 Å². The van der Waals surface area contributed by atoms with E-state index in [1.807, 2.05) is 0 Å². The highest BCUT2D eigenvalue weighted by Gasteiger charge is 2.36. The quantitative estimate of drug-likeness (QED) is 0.712. The van der Waals surface area contributed by atoms with E-state index in [-0.39, 0.29) is 25.6 Å². The van der Waals surface area contributed by atoms with Gasteiger partial charge in [-0.3, -0.25) is 0 Å². The molecule has 1 saturated heterocycles. The van der Waals surface area contributed by atoms with E-state index in [0.29, 0.717) is 6.42 Å². The van der Waals surface area contributed by atoms with Crippen molar-refractivity contribution in [2.45, 2.75) is 12.2 Å². The van der Waals surface area contributed by atoms with Crippen molar-refractivity contribution in [1.29, 1.82) is 0 Å². The molecule has 1 unspecified atom stereocenters. The molecule has 1 atom stereocenters. The molecule has 1 rings (SSSR count). The highest BCUT2D eigenvalue weighted by atomic mass is 32.2. The first-order chi connectivity index (χ1) is 5.98. The lowest BCUT2D eigenvalue weighted by Crippen LogP contribution is -2.33. The molecule has 0 spiro atoms. The van der Waals surface area contributed by atoms with E-state index in [0.717, 1.165) is 4.31 Å². The lowest BCUT2D eigenvalue weighted by Gasteiger charge is -2.14. The molecule has 0 saturated carbocycles. The first-order valence-corrected chi connectivity index (χ1v) is 5.36. The maximum absolute atomic E-state index is 12.0. The minimum atomic E-state index is -4.43. The van der Waals surface area contributed by atoms with Crippen LogP contribution in [0, 0.1) is 5.92 Å². The van der Waals surface area contributed by atoms with E-state index < -0.39 is 15.8 Å². The third-order valence-electron chi connectivity index (χ3n) is 2.09. The summed E-state index contributed by atoms with van der Waals surface area (Å²) < 4.78 is 46.5. The van der Waals surface area contributed by atoms with Gasteiger partial charge in [-0.15, -0.1) is 0 Å². The van der Waals surface area contributed by atoms with Crippen molar-refractivity contribution in [3.63, 3.8) is 0 Å². The first-order valence-electron chi connectivity index (χ1n) is 3.86. The van der Waals surface area contributed by atoms with Crippen LogP contribution in [0.5, 0.6) is 0 Å². The number of rotatable bonds is 3. The van der Waals surface area contributed by atoms with Crippen molar-refractivity contribution in [2.24, 2.45) is 5.92 Å². The number of hydrogen-bond donors (Lipinski definition) is 1. The number of sulfonamides is 1. The molecular formula is C6H11F2NO3S. The summed E-state index contributed by atoms with van der Waals surface area (Å²) in [5.41, 5.74) is 0. The van der Waals surface area contributed by atoms with Gasteiger partial charge in [0.15, 0.2) is 0 Å². The van der Waals surface area contributed by atoms with Gasteiger partial charge in [0.25, 0.3) is 10.0 Å². The Bertz CT molecular complexity index is 267. The van der Waals surface area contributed by atoms with Gasteiger partial charge in [-0.1, -0.05) is 0 Å². The van der Waals surface area contributed by atoms with Crippen LogP contribution >= 0.6 is 0 Å². The predicted octanol–water partition coefficient (Wildman–Crippen LogP) is -0.147. The average molecular weight is 215 g/mol. The fourth-order valence-corrected chi connectivity index (χ4v) is 2.29. The van der Waals surface area contributed by atoms with Crippen LogP contribution in [0.25, 0.3) is 0 Å². The summed E-state index contributed by atoms with van der Waals surface area (Å²) in [6, 6.07) is 0. The molecule has 1 aliphatic rings. The maximum atomic E-state index is 12.0. The molecule has 0 aliphatic carbocycles. The topological polar surface area (TPSA) is 57.6 Å². The molecule has 0 bridgehead atoms. The van der Waals surface area contributed by atoms with E-state index in [4.69, 9.17) is 5.11 Å². The predicted molar refractivity (Wildman–Crippen MR) is 41.7 cm³/mol. The summed E-state index contributed by atoms with van der Waals surface area (Å²) in [5.74, 6) is -3.56. The smallest absolute Gasteiger partial charge is 0.350 e.